The molecule has 20 heavy (non-hydrogen) atoms. The number of anilines is 1. The van der Waals surface area contributed by atoms with Gasteiger partial charge < -0.3 is 10.4 Å². The summed E-state index contributed by atoms with van der Waals surface area (Å²) in [5, 5.41) is 12.3. The van der Waals surface area contributed by atoms with Crippen molar-refractivity contribution in [2.45, 2.75) is 39.2 Å². The van der Waals surface area contributed by atoms with Crippen LogP contribution in [0.3, 0.4) is 0 Å². The topological polar surface area (TPSA) is 79.3 Å². The maximum atomic E-state index is 11.2. The fourth-order valence-corrected chi connectivity index (χ4v) is 2.55. The number of rotatable bonds is 5. The minimum Gasteiger partial charge on any atom is -0.478 e. The number of hydrogen-bond donors (Lipinski definition) is 2. The molecule has 0 radical (unpaired) electrons. The van der Waals surface area contributed by atoms with E-state index in [1.54, 1.807) is 12.3 Å². The second-order valence-corrected chi connectivity index (χ2v) is 7.45. The quantitative estimate of drug-likeness (QED) is 0.871. The highest BCUT2D eigenvalue weighted by molar-refractivity contribution is 7.84. The van der Waals surface area contributed by atoms with E-state index < -0.39 is 16.8 Å². The lowest BCUT2D eigenvalue weighted by Crippen LogP contribution is -2.24. The molecule has 6 heteroatoms. The molecule has 1 aromatic heterocycles. The molecule has 1 rings (SSSR count). The molecule has 0 spiro atoms. The minimum absolute atomic E-state index is 0.0369. The summed E-state index contributed by atoms with van der Waals surface area (Å²) in [4.78, 5) is 15.7. The van der Waals surface area contributed by atoms with E-state index in [-0.39, 0.29) is 17.0 Å². The molecule has 0 saturated carbocycles. The summed E-state index contributed by atoms with van der Waals surface area (Å²) in [7, 11) is -0.912. The van der Waals surface area contributed by atoms with Gasteiger partial charge in [0.2, 0.25) is 0 Å². The molecule has 2 atom stereocenters. The molecule has 112 valence electrons. The zero-order valence-electron chi connectivity index (χ0n) is 12.6. The van der Waals surface area contributed by atoms with Crippen molar-refractivity contribution in [3.8, 4) is 0 Å². The van der Waals surface area contributed by atoms with Gasteiger partial charge in [0.1, 0.15) is 5.82 Å². The Labute approximate surface area is 122 Å². The van der Waals surface area contributed by atoms with Crippen LogP contribution in [0.15, 0.2) is 12.1 Å². The lowest BCUT2D eigenvalue weighted by Gasteiger charge is -2.21. The van der Waals surface area contributed by atoms with Crippen LogP contribution in [-0.2, 0) is 16.2 Å². The van der Waals surface area contributed by atoms with E-state index in [0.717, 1.165) is 0 Å². The summed E-state index contributed by atoms with van der Waals surface area (Å²) < 4.78 is 11.2. The van der Waals surface area contributed by atoms with Crippen molar-refractivity contribution >= 4 is 22.6 Å². The second kappa shape index (κ2) is 6.35. The van der Waals surface area contributed by atoms with Gasteiger partial charge in [-0.3, -0.25) is 4.21 Å². The number of hydrogen-bond acceptors (Lipinski definition) is 4. The Balaban J connectivity index is 3.09. The van der Waals surface area contributed by atoms with Gasteiger partial charge in [-0.2, -0.15) is 0 Å². The van der Waals surface area contributed by atoms with E-state index in [2.05, 4.69) is 10.3 Å². The van der Waals surface area contributed by atoms with Crippen molar-refractivity contribution in [2.75, 3.05) is 17.3 Å². The van der Waals surface area contributed by atoms with E-state index in [4.69, 9.17) is 0 Å². The first-order valence-corrected chi connectivity index (χ1v) is 8.14. The molecule has 0 aliphatic carbocycles. The highest BCUT2D eigenvalue weighted by Gasteiger charge is 2.19. The molecule has 0 amide bonds. The lowest BCUT2D eigenvalue weighted by molar-refractivity contribution is 0.0696. The molecule has 2 N–H and O–H groups in total. The van der Waals surface area contributed by atoms with E-state index in [1.807, 2.05) is 27.7 Å². The van der Waals surface area contributed by atoms with Crippen molar-refractivity contribution in [1.82, 2.24) is 4.98 Å². The minimum atomic E-state index is -0.979. The van der Waals surface area contributed by atoms with Crippen LogP contribution in [0.2, 0.25) is 0 Å². The Kier molecular flexibility index (Phi) is 5.28. The van der Waals surface area contributed by atoms with Crippen molar-refractivity contribution in [3.05, 3.63) is 23.4 Å². The summed E-state index contributed by atoms with van der Waals surface area (Å²) >= 11 is 0. The SMILES string of the molecule is CC(CS(C)=O)Nc1cc(C(=O)O)cc(C(C)(C)C)n1. The maximum Gasteiger partial charge on any atom is 0.335 e. The van der Waals surface area contributed by atoms with Crippen molar-refractivity contribution in [2.24, 2.45) is 0 Å². The second-order valence-electron chi connectivity index (χ2n) is 5.97. The third-order valence-electron chi connectivity index (χ3n) is 2.72. The van der Waals surface area contributed by atoms with Crippen LogP contribution in [-0.4, -0.2) is 38.3 Å². The molecule has 2 unspecified atom stereocenters. The lowest BCUT2D eigenvalue weighted by atomic mass is 9.90. The van der Waals surface area contributed by atoms with Crippen molar-refractivity contribution < 1.29 is 14.1 Å². The van der Waals surface area contributed by atoms with Gasteiger partial charge >= 0.3 is 5.97 Å². The molecular formula is C14H22N2O3S. The van der Waals surface area contributed by atoms with Gasteiger partial charge in [-0.1, -0.05) is 20.8 Å². The van der Waals surface area contributed by atoms with Crippen LogP contribution in [0.25, 0.3) is 0 Å². The fraction of sp³-hybridized carbons (Fsp3) is 0.571. The smallest absolute Gasteiger partial charge is 0.335 e. The molecule has 0 fully saturated rings. The summed E-state index contributed by atoms with van der Waals surface area (Å²) in [6.45, 7) is 7.84. The van der Waals surface area contributed by atoms with Gasteiger partial charge in [-0.25, -0.2) is 9.78 Å². The van der Waals surface area contributed by atoms with Crippen LogP contribution in [0.4, 0.5) is 5.82 Å². The van der Waals surface area contributed by atoms with Gasteiger partial charge in [0.05, 0.1) is 5.56 Å². The molecule has 0 saturated heterocycles. The Bertz CT molecular complexity index is 524. The van der Waals surface area contributed by atoms with E-state index in [0.29, 0.717) is 17.3 Å². The van der Waals surface area contributed by atoms with Gasteiger partial charge in [-0.15, -0.1) is 0 Å². The van der Waals surface area contributed by atoms with Gasteiger partial charge in [0, 0.05) is 40.0 Å². The largest absolute Gasteiger partial charge is 0.478 e. The third kappa shape index (κ3) is 4.92. The molecule has 1 heterocycles. The first-order chi connectivity index (χ1) is 9.09. The normalized spacial score (nSPS) is 14.7. The predicted molar refractivity (Wildman–Crippen MR) is 81.9 cm³/mol. The Hall–Kier alpha value is -1.43. The zero-order valence-corrected chi connectivity index (χ0v) is 13.4. The number of pyridine rings is 1. The monoisotopic (exact) mass is 298 g/mol. The first kappa shape index (κ1) is 16.6. The van der Waals surface area contributed by atoms with Crippen LogP contribution < -0.4 is 5.32 Å². The molecular weight excluding hydrogens is 276 g/mol. The Morgan fingerprint density at radius 1 is 1.45 bits per heavy atom. The average Bonchev–Trinajstić information content (AvgIpc) is 2.25. The number of carboxylic acids is 1. The first-order valence-electron chi connectivity index (χ1n) is 6.42. The standard InChI is InChI=1S/C14H22N2O3S/c1-9(8-20(5)19)15-12-7-10(13(17)18)6-11(16-12)14(2,3)4/h6-7,9H,8H2,1-5H3,(H,15,16)(H,17,18). The molecule has 5 nitrogen and oxygen atoms in total. The highest BCUT2D eigenvalue weighted by Crippen LogP contribution is 2.23. The number of carboxylic acid groups (broad SMARTS) is 1. The van der Waals surface area contributed by atoms with E-state index in [9.17, 15) is 14.1 Å². The van der Waals surface area contributed by atoms with E-state index in [1.165, 1.54) is 6.07 Å². The van der Waals surface area contributed by atoms with Gasteiger partial charge in [0.15, 0.2) is 0 Å². The van der Waals surface area contributed by atoms with Gasteiger partial charge in [0.25, 0.3) is 0 Å². The third-order valence-corrected chi connectivity index (χ3v) is 3.69. The van der Waals surface area contributed by atoms with Gasteiger partial charge in [-0.05, 0) is 19.1 Å². The van der Waals surface area contributed by atoms with E-state index >= 15 is 0 Å². The number of nitrogens with zero attached hydrogens (tertiary/aromatic N) is 1. The van der Waals surface area contributed by atoms with Crippen LogP contribution >= 0.6 is 0 Å². The average molecular weight is 298 g/mol. The van der Waals surface area contributed by atoms with Crippen LogP contribution in [0.5, 0.6) is 0 Å². The van der Waals surface area contributed by atoms with Crippen LogP contribution in [0, 0.1) is 0 Å². The van der Waals surface area contributed by atoms with Crippen molar-refractivity contribution in [1.29, 1.82) is 0 Å². The molecule has 1 aromatic rings. The Morgan fingerprint density at radius 3 is 2.50 bits per heavy atom. The number of aromatic carboxylic acids is 1. The summed E-state index contributed by atoms with van der Waals surface area (Å²) in [6, 6.07) is 3.06. The number of aromatic nitrogens is 1. The molecule has 0 bridgehead atoms. The summed E-state index contributed by atoms with van der Waals surface area (Å²) in [6.07, 6.45) is 1.64. The Morgan fingerprint density at radius 2 is 2.05 bits per heavy atom. The summed E-state index contributed by atoms with van der Waals surface area (Å²) in [5.41, 5.74) is 0.681. The van der Waals surface area contributed by atoms with Crippen molar-refractivity contribution in [3.63, 3.8) is 0 Å². The van der Waals surface area contributed by atoms with Crippen LogP contribution in [0.1, 0.15) is 43.7 Å². The highest BCUT2D eigenvalue weighted by atomic mass is 32.2. The number of carbonyl (C=O) groups is 1. The summed E-state index contributed by atoms with van der Waals surface area (Å²) in [5.74, 6) is 0.0181. The predicted octanol–water partition coefficient (Wildman–Crippen LogP) is 2.26. The maximum absolute atomic E-state index is 11.2. The molecule has 0 aromatic carbocycles. The zero-order chi connectivity index (χ0) is 15.5. The fourth-order valence-electron chi connectivity index (χ4n) is 1.76. The number of nitrogens with one attached hydrogen (secondary N) is 1. The molecule has 0 aliphatic heterocycles. The molecule has 0 aliphatic rings.